The molecule has 0 aromatic heterocycles. The molecule has 0 aliphatic carbocycles. The van der Waals surface area contributed by atoms with Crippen molar-refractivity contribution < 1.29 is 50.0 Å². The molecule has 1 amide bonds. The van der Waals surface area contributed by atoms with Gasteiger partial charge in [-0.1, -0.05) is 178 Å². The molecule has 0 spiro atoms. The van der Waals surface area contributed by atoms with Crippen molar-refractivity contribution in [3.05, 3.63) is 48.6 Å². The molecule has 1 fully saturated rings. The molecular formula is C54H99NO10. The third-order valence-electron chi connectivity index (χ3n) is 12.6. The number of hydrogen-bond donors (Lipinski definition) is 8. The molecule has 11 heteroatoms. The normalized spacial score (nSPS) is 21.3. The van der Waals surface area contributed by atoms with Crippen molar-refractivity contribution in [2.75, 3.05) is 13.2 Å². The summed E-state index contributed by atoms with van der Waals surface area (Å²) in [6.07, 6.45) is 41.6. The van der Waals surface area contributed by atoms with Gasteiger partial charge in [0.2, 0.25) is 5.91 Å². The van der Waals surface area contributed by atoms with E-state index in [-0.39, 0.29) is 12.8 Å². The van der Waals surface area contributed by atoms with E-state index in [0.29, 0.717) is 19.3 Å². The molecule has 0 radical (unpaired) electrons. The van der Waals surface area contributed by atoms with Gasteiger partial charge in [0, 0.05) is 0 Å². The van der Waals surface area contributed by atoms with Crippen molar-refractivity contribution in [2.45, 2.75) is 274 Å². The van der Waals surface area contributed by atoms with Crippen LogP contribution in [0.25, 0.3) is 0 Å². The van der Waals surface area contributed by atoms with E-state index in [9.17, 15) is 40.5 Å². The van der Waals surface area contributed by atoms with Gasteiger partial charge < -0.3 is 50.5 Å². The quantitative estimate of drug-likeness (QED) is 0.0216. The molecule has 1 rings (SSSR count). The van der Waals surface area contributed by atoms with E-state index in [4.69, 9.17) is 9.47 Å². The highest BCUT2D eigenvalue weighted by molar-refractivity contribution is 5.80. The first-order valence-electron chi connectivity index (χ1n) is 26.5. The molecule has 1 saturated heterocycles. The molecule has 0 aromatic rings. The summed E-state index contributed by atoms with van der Waals surface area (Å²) in [5, 5.41) is 75.9. The Balaban J connectivity index is 2.42. The van der Waals surface area contributed by atoms with Crippen molar-refractivity contribution in [3.63, 3.8) is 0 Å². The van der Waals surface area contributed by atoms with Gasteiger partial charge in [-0.15, -0.1) is 0 Å². The average molecular weight is 922 g/mol. The van der Waals surface area contributed by atoms with Gasteiger partial charge in [0.25, 0.3) is 0 Å². The zero-order valence-corrected chi connectivity index (χ0v) is 41.2. The lowest BCUT2D eigenvalue weighted by Gasteiger charge is -2.40. The van der Waals surface area contributed by atoms with E-state index in [1.807, 2.05) is 0 Å². The summed E-state index contributed by atoms with van der Waals surface area (Å²) in [6.45, 7) is 3.42. The van der Waals surface area contributed by atoms with Crippen LogP contribution in [0.1, 0.15) is 219 Å². The SMILES string of the molecule is CCCCCCCCC/C=C\CCCCCCC(O)C(=O)NC(COC1OC(CO)C(O)C(O)C1O)C(O)C(O)CCC/C=C/CC/C=C/CC/C=C/CCCCCCCCCCCC. The number of aliphatic hydroxyl groups excluding tert-OH is 7. The minimum atomic E-state index is -1.68. The minimum absolute atomic E-state index is 0.234. The Kier molecular flexibility index (Phi) is 40.7. The molecular weight excluding hydrogens is 823 g/mol. The average Bonchev–Trinajstić information content (AvgIpc) is 3.31. The van der Waals surface area contributed by atoms with Crippen LogP contribution in [0, 0.1) is 0 Å². The van der Waals surface area contributed by atoms with Crippen molar-refractivity contribution in [1.82, 2.24) is 5.32 Å². The second kappa shape index (κ2) is 43.4. The number of allylic oxidation sites excluding steroid dienone is 8. The maximum atomic E-state index is 13.1. The smallest absolute Gasteiger partial charge is 0.249 e. The second-order valence-electron chi connectivity index (χ2n) is 18.6. The maximum Gasteiger partial charge on any atom is 0.249 e. The Morgan fingerprint density at radius 2 is 0.923 bits per heavy atom. The monoisotopic (exact) mass is 922 g/mol. The van der Waals surface area contributed by atoms with Crippen LogP contribution < -0.4 is 5.32 Å². The van der Waals surface area contributed by atoms with Crippen LogP contribution >= 0.6 is 0 Å². The highest BCUT2D eigenvalue weighted by atomic mass is 16.7. The van der Waals surface area contributed by atoms with Crippen LogP contribution in [0.2, 0.25) is 0 Å². The summed E-state index contributed by atoms with van der Waals surface area (Å²) >= 11 is 0. The van der Waals surface area contributed by atoms with E-state index < -0.39 is 74.2 Å². The number of carbonyl (C=O) groups is 1. The standard InChI is InChI=1S/C54H99NO10/c1-3-5-7-9-11-13-15-17-19-20-21-22-23-24-25-26-28-29-31-33-35-37-39-41-46(57)49(59)45(44-64-54-52(62)51(61)50(60)48(43-56)65-54)55-53(63)47(58)42-40-38-36-34-32-30-27-18-16-14-12-10-8-6-4-2/h22-23,26-28,30,33,35,45-52,54,56-62H,3-21,24-25,29,31-32,34,36-44H2,1-2H3,(H,55,63)/b23-22+,28-26+,30-27-,35-33+. The van der Waals surface area contributed by atoms with Gasteiger partial charge in [-0.05, 0) is 89.9 Å². The molecule has 1 heterocycles. The van der Waals surface area contributed by atoms with E-state index in [1.54, 1.807) is 0 Å². The minimum Gasteiger partial charge on any atom is -0.394 e. The first kappa shape index (κ1) is 61.1. The van der Waals surface area contributed by atoms with Crippen LogP contribution in [-0.4, -0.2) is 110 Å². The fourth-order valence-electron chi connectivity index (χ4n) is 8.17. The van der Waals surface area contributed by atoms with Gasteiger partial charge in [0.15, 0.2) is 6.29 Å². The van der Waals surface area contributed by atoms with Crippen molar-refractivity contribution >= 4 is 5.91 Å². The number of aliphatic hydroxyl groups is 7. The number of hydrogen-bond acceptors (Lipinski definition) is 10. The molecule has 0 bridgehead atoms. The predicted molar refractivity (Wildman–Crippen MR) is 265 cm³/mol. The van der Waals surface area contributed by atoms with Gasteiger partial charge in [-0.2, -0.15) is 0 Å². The summed E-state index contributed by atoms with van der Waals surface area (Å²) in [5.41, 5.74) is 0. The van der Waals surface area contributed by atoms with Gasteiger partial charge in [0.1, 0.15) is 36.6 Å². The van der Waals surface area contributed by atoms with Gasteiger partial charge in [-0.3, -0.25) is 4.79 Å². The highest BCUT2D eigenvalue weighted by Crippen LogP contribution is 2.23. The maximum absolute atomic E-state index is 13.1. The molecule has 65 heavy (non-hydrogen) atoms. The van der Waals surface area contributed by atoms with E-state index >= 15 is 0 Å². The molecule has 0 saturated carbocycles. The lowest BCUT2D eigenvalue weighted by atomic mass is 9.98. The summed E-state index contributed by atoms with van der Waals surface area (Å²) in [5.74, 6) is -0.722. The van der Waals surface area contributed by atoms with Crippen LogP contribution in [0.3, 0.4) is 0 Å². The summed E-state index contributed by atoms with van der Waals surface area (Å²) in [7, 11) is 0. The van der Waals surface area contributed by atoms with Crippen LogP contribution in [0.15, 0.2) is 48.6 Å². The Bertz CT molecular complexity index is 1190. The number of carbonyl (C=O) groups excluding carboxylic acids is 1. The predicted octanol–water partition coefficient (Wildman–Crippen LogP) is 10.1. The van der Waals surface area contributed by atoms with Crippen molar-refractivity contribution in [3.8, 4) is 0 Å². The summed E-state index contributed by atoms with van der Waals surface area (Å²) in [4.78, 5) is 13.1. The highest BCUT2D eigenvalue weighted by Gasteiger charge is 2.44. The molecule has 1 aliphatic heterocycles. The Hall–Kier alpha value is -1.93. The fraction of sp³-hybridized carbons (Fsp3) is 0.833. The lowest BCUT2D eigenvalue weighted by molar-refractivity contribution is -0.303. The Labute approximate surface area is 396 Å². The Morgan fingerprint density at radius 1 is 0.523 bits per heavy atom. The number of rotatable bonds is 44. The van der Waals surface area contributed by atoms with Gasteiger partial charge >= 0.3 is 0 Å². The second-order valence-corrected chi connectivity index (χ2v) is 18.6. The molecule has 0 aromatic carbocycles. The van der Waals surface area contributed by atoms with Gasteiger partial charge in [0.05, 0.1) is 25.4 Å². The summed E-state index contributed by atoms with van der Waals surface area (Å²) in [6, 6.07) is -1.20. The molecule has 380 valence electrons. The van der Waals surface area contributed by atoms with Crippen molar-refractivity contribution in [2.24, 2.45) is 0 Å². The zero-order valence-electron chi connectivity index (χ0n) is 41.2. The zero-order chi connectivity index (χ0) is 47.6. The topological polar surface area (TPSA) is 189 Å². The van der Waals surface area contributed by atoms with Crippen LogP contribution in [0.5, 0.6) is 0 Å². The number of unbranched alkanes of at least 4 members (excludes halogenated alkanes) is 24. The molecule has 9 unspecified atom stereocenters. The molecule has 1 aliphatic rings. The van der Waals surface area contributed by atoms with Gasteiger partial charge in [-0.25, -0.2) is 0 Å². The fourth-order valence-corrected chi connectivity index (χ4v) is 8.17. The number of ether oxygens (including phenoxy) is 2. The number of amides is 1. The molecule has 9 atom stereocenters. The summed E-state index contributed by atoms with van der Waals surface area (Å²) < 4.78 is 11.1. The first-order chi connectivity index (χ1) is 31.7. The molecule has 8 N–H and O–H groups in total. The Morgan fingerprint density at radius 3 is 1.37 bits per heavy atom. The molecule has 11 nitrogen and oxygen atoms in total. The first-order valence-corrected chi connectivity index (χ1v) is 26.5. The third kappa shape index (κ3) is 32.5. The van der Waals surface area contributed by atoms with E-state index in [0.717, 1.165) is 57.8 Å². The van der Waals surface area contributed by atoms with E-state index in [1.165, 1.54) is 116 Å². The number of nitrogens with one attached hydrogen (secondary N) is 1. The third-order valence-corrected chi connectivity index (χ3v) is 12.6. The van der Waals surface area contributed by atoms with Crippen LogP contribution in [0.4, 0.5) is 0 Å². The lowest BCUT2D eigenvalue weighted by Crippen LogP contribution is -2.60. The van der Waals surface area contributed by atoms with Crippen molar-refractivity contribution in [1.29, 1.82) is 0 Å². The van der Waals surface area contributed by atoms with Crippen LogP contribution in [-0.2, 0) is 14.3 Å². The van der Waals surface area contributed by atoms with E-state index in [2.05, 4.69) is 67.8 Å². The largest absolute Gasteiger partial charge is 0.394 e.